The van der Waals surface area contributed by atoms with E-state index in [1.165, 1.54) is 25.4 Å². The highest BCUT2D eigenvalue weighted by Gasteiger charge is 2.33. The van der Waals surface area contributed by atoms with Crippen molar-refractivity contribution in [1.29, 1.82) is 0 Å². The monoisotopic (exact) mass is 187 g/mol. The molecule has 0 radical (unpaired) electrons. The van der Waals surface area contributed by atoms with Gasteiger partial charge in [-0.15, -0.1) is 0 Å². The summed E-state index contributed by atoms with van der Waals surface area (Å²) >= 11 is 2.15. The van der Waals surface area contributed by atoms with Crippen molar-refractivity contribution in [3.05, 3.63) is 0 Å². The van der Waals surface area contributed by atoms with E-state index in [4.69, 9.17) is 0 Å². The fraction of sp³-hybridized carbons (Fsp3) is 1.00. The van der Waals surface area contributed by atoms with Crippen LogP contribution in [0.2, 0.25) is 0 Å². The zero-order valence-electron chi connectivity index (χ0n) is 8.76. The summed E-state index contributed by atoms with van der Waals surface area (Å²) in [5.74, 6) is 2.10. The highest BCUT2D eigenvalue weighted by molar-refractivity contribution is 8.00. The fourth-order valence-electron chi connectivity index (χ4n) is 1.60. The van der Waals surface area contributed by atoms with Gasteiger partial charge >= 0.3 is 0 Å². The molecule has 12 heavy (non-hydrogen) atoms. The van der Waals surface area contributed by atoms with Crippen molar-refractivity contribution in [3.63, 3.8) is 0 Å². The van der Waals surface area contributed by atoms with Gasteiger partial charge in [0.1, 0.15) is 0 Å². The van der Waals surface area contributed by atoms with Crippen LogP contribution in [0, 0.1) is 5.92 Å². The van der Waals surface area contributed by atoms with Crippen LogP contribution in [0.3, 0.4) is 0 Å². The van der Waals surface area contributed by atoms with Crippen LogP contribution in [0.15, 0.2) is 0 Å². The first-order chi connectivity index (χ1) is 5.58. The van der Waals surface area contributed by atoms with Crippen LogP contribution >= 0.6 is 11.8 Å². The maximum atomic E-state index is 2.57. The summed E-state index contributed by atoms with van der Waals surface area (Å²) in [5.41, 5.74) is 0. The second kappa shape index (κ2) is 4.01. The van der Waals surface area contributed by atoms with E-state index in [1.54, 1.807) is 0 Å². The first-order valence-corrected chi connectivity index (χ1v) is 5.93. The molecular formula is C10H21NS. The van der Waals surface area contributed by atoms with Crippen LogP contribution in [0.5, 0.6) is 0 Å². The Morgan fingerprint density at radius 1 is 1.50 bits per heavy atom. The van der Waals surface area contributed by atoms with Gasteiger partial charge in [0.2, 0.25) is 0 Å². The van der Waals surface area contributed by atoms with Crippen molar-refractivity contribution in [2.45, 2.75) is 32.4 Å². The van der Waals surface area contributed by atoms with E-state index in [-0.39, 0.29) is 0 Å². The molecule has 0 aliphatic carbocycles. The molecule has 0 aromatic rings. The largest absolute Gasteiger partial charge is 0.301 e. The lowest BCUT2D eigenvalue weighted by molar-refractivity contribution is 0.240. The SMILES string of the molecule is CCN1CCS[C@@](C)(C(C)C)C1. The molecule has 0 spiro atoms. The second-order valence-corrected chi connectivity index (χ2v) is 5.81. The molecule has 1 saturated heterocycles. The van der Waals surface area contributed by atoms with Gasteiger partial charge in [-0.05, 0) is 19.4 Å². The first kappa shape index (κ1) is 10.4. The lowest BCUT2D eigenvalue weighted by Crippen LogP contribution is -2.47. The van der Waals surface area contributed by atoms with E-state index in [0.717, 1.165) is 5.92 Å². The molecule has 1 aliphatic rings. The molecule has 0 aromatic carbocycles. The minimum atomic E-state index is 0.494. The Bertz CT molecular complexity index is 147. The molecular weight excluding hydrogens is 166 g/mol. The number of hydrogen-bond donors (Lipinski definition) is 0. The Balaban J connectivity index is 2.54. The number of nitrogens with zero attached hydrogens (tertiary/aromatic N) is 1. The van der Waals surface area contributed by atoms with Crippen molar-refractivity contribution in [2.24, 2.45) is 5.92 Å². The summed E-state index contributed by atoms with van der Waals surface area (Å²) < 4.78 is 0.494. The van der Waals surface area contributed by atoms with Gasteiger partial charge in [0.15, 0.2) is 0 Å². The van der Waals surface area contributed by atoms with Crippen molar-refractivity contribution < 1.29 is 0 Å². The molecule has 1 nitrogen and oxygen atoms in total. The minimum Gasteiger partial charge on any atom is -0.301 e. The van der Waals surface area contributed by atoms with E-state index in [2.05, 4.69) is 44.4 Å². The topological polar surface area (TPSA) is 3.24 Å². The highest BCUT2D eigenvalue weighted by atomic mass is 32.2. The lowest BCUT2D eigenvalue weighted by atomic mass is 9.96. The predicted molar refractivity (Wildman–Crippen MR) is 57.8 cm³/mol. The van der Waals surface area contributed by atoms with Gasteiger partial charge in [0, 0.05) is 23.6 Å². The molecule has 1 fully saturated rings. The molecule has 0 aromatic heterocycles. The van der Waals surface area contributed by atoms with Crippen molar-refractivity contribution >= 4 is 11.8 Å². The molecule has 2 heteroatoms. The van der Waals surface area contributed by atoms with Gasteiger partial charge in [0.25, 0.3) is 0 Å². The van der Waals surface area contributed by atoms with Gasteiger partial charge in [-0.3, -0.25) is 0 Å². The molecule has 0 saturated carbocycles. The van der Waals surface area contributed by atoms with Crippen molar-refractivity contribution in [3.8, 4) is 0 Å². The summed E-state index contributed by atoms with van der Waals surface area (Å²) in [4.78, 5) is 2.57. The maximum Gasteiger partial charge on any atom is 0.0282 e. The van der Waals surface area contributed by atoms with E-state index in [9.17, 15) is 0 Å². The van der Waals surface area contributed by atoms with Crippen LogP contribution in [0.1, 0.15) is 27.7 Å². The van der Waals surface area contributed by atoms with Gasteiger partial charge < -0.3 is 4.90 Å². The Morgan fingerprint density at radius 3 is 2.67 bits per heavy atom. The number of hydrogen-bond acceptors (Lipinski definition) is 2. The zero-order chi connectivity index (χ0) is 9.19. The summed E-state index contributed by atoms with van der Waals surface area (Å²) in [7, 11) is 0. The zero-order valence-corrected chi connectivity index (χ0v) is 9.58. The average molecular weight is 187 g/mol. The summed E-state index contributed by atoms with van der Waals surface area (Å²) in [5, 5.41) is 0. The predicted octanol–water partition coefficient (Wildman–Crippen LogP) is 2.47. The highest BCUT2D eigenvalue weighted by Crippen LogP contribution is 2.36. The standard InChI is InChI=1S/C10H21NS/c1-5-11-6-7-12-10(4,8-11)9(2)3/h9H,5-8H2,1-4H3/t10-/m1/s1. The maximum absolute atomic E-state index is 2.57. The fourth-order valence-corrected chi connectivity index (χ4v) is 3.02. The molecule has 0 unspecified atom stereocenters. The molecule has 1 heterocycles. The summed E-state index contributed by atoms with van der Waals surface area (Å²) in [6, 6.07) is 0. The van der Waals surface area contributed by atoms with Gasteiger partial charge in [-0.25, -0.2) is 0 Å². The first-order valence-electron chi connectivity index (χ1n) is 4.95. The average Bonchev–Trinajstić information content (AvgIpc) is 2.04. The molecule has 1 rings (SSSR count). The van der Waals surface area contributed by atoms with Crippen molar-refractivity contribution in [1.82, 2.24) is 4.90 Å². The Labute approximate surface area is 80.9 Å². The normalized spacial score (nSPS) is 32.8. The third-order valence-corrected chi connectivity index (χ3v) is 4.69. The van der Waals surface area contributed by atoms with Crippen LogP contribution in [-0.2, 0) is 0 Å². The third kappa shape index (κ3) is 2.17. The third-order valence-electron chi connectivity index (χ3n) is 3.05. The Morgan fingerprint density at radius 2 is 2.17 bits per heavy atom. The van der Waals surface area contributed by atoms with E-state index in [1.807, 2.05) is 0 Å². The minimum absolute atomic E-state index is 0.494. The van der Waals surface area contributed by atoms with Crippen LogP contribution in [0.25, 0.3) is 0 Å². The van der Waals surface area contributed by atoms with Gasteiger partial charge in [-0.1, -0.05) is 20.8 Å². The van der Waals surface area contributed by atoms with Crippen LogP contribution in [-0.4, -0.2) is 35.0 Å². The molecule has 0 bridgehead atoms. The second-order valence-electron chi connectivity index (χ2n) is 4.18. The molecule has 1 aliphatic heterocycles. The van der Waals surface area contributed by atoms with Crippen LogP contribution < -0.4 is 0 Å². The quantitative estimate of drug-likeness (QED) is 0.653. The number of rotatable bonds is 2. The molecule has 0 amide bonds. The van der Waals surface area contributed by atoms with E-state index in [0.29, 0.717) is 4.75 Å². The van der Waals surface area contributed by atoms with Gasteiger partial charge in [0.05, 0.1) is 0 Å². The smallest absolute Gasteiger partial charge is 0.0282 e. The van der Waals surface area contributed by atoms with E-state index < -0.39 is 0 Å². The van der Waals surface area contributed by atoms with Crippen LogP contribution in [0.4, 0.5) is 0 Å². The Hall–Kier alpha value is 0.310. The number of thioether (sulfide) groups is 1. The molecule has 1 atom stereocenters. The lowest BCUT2D eigenvalue weighted by Gasteiger charge is -2.42. The Kier molecular flexibility index (Phi) is 3.47. The van der Waals surface area contributed by atoms with Crippen molar-refractivity contribution in [2.75, 3.05) is 25.4 Å². The summed E-state index contributed by atoms with van der Waals surface area (Å²) in [6.45, 7) is 13.1. The summed E-state index contributed by atoms with van der Waals surface area (Å²) in [6.07, 6.45) is 0. The molecule has 0 N–H and O–H groups in total. The van der Waals surface area contributed by atoms with Gasteiger partial charge in [-0.2, -0.15) is 11.8 Å². The molecule has 72 valence electrons. The van der Waals surface area contributed by atoms with E-state index >= 15 is 0 Å².